The Hall–Kier alpha value is -2.34. The van der Waals surface area contributed by atoms with E-state index in [0.29, 0.717) is 16.5 Å². The van der Waals surface area contributed by atoms with E-state index in [0.717, 1.165) is 36.1 Å². The number of hydrogen-bond donors (Lipinski definition) is 1. The lowest BCUT2D eigenvalue weighted by atomic mass is 10.2. The molecule has 1 amide bonds. The standard InChI is InChI=1S/C17H18ClN3O3/c1-10-6-14(15(24-2)8-12(10)18)19-16(22)9-21-17(23)7-11-4-3-5-13(11)20-21/h6-8H,3-5,9H2,1-2H3,(H,19,22). The highest BCUT2D eigenvalue weighted by Crippen LogP contribution is 2.30. The monoisotopic (exact) mass is 347 g/mol. The minimum atomic E-state index is -0.345. The van der Waals surface area contributed by atoms with E-state index in [-0.39, 0.29) is 18.0 Å². The molecule has 0 unspecified atom stereocenters. The van der Waals surface area contributed by atoms with Crippen molar-refractivity contribution in [2.75, 3.05) is 12.4 Å². The number of amides is 1. The third-order valence-electron chi connectivity index (χ3n) is 4.07. The summed E-state index contributed by atoms with van der Waals surface area (Å²) >= 11 is 6.06. The minimum absolute atomic E-state index is 0.142. The fourth-order valence-corrected chi connectivity index (χ4v) is 2.96. The molecule has 0 saturated carbocycles. The van der Waals surface area contributed by atoms with E-state index >= 15 is 0 Å². The predicted molar refractivity (Wildman–Crippen MR) is 91.9 cm³/mol. The van der Waals surface area contributed by atoms with Crippen LogP contribution in [-0.2, 0) is 24.2 Å². The number of carbonyl (C=O) groups is 1. The van der Waals surface area contributed by atoms with Gasteiger partial charge >= 0.3 is 0 Å². The first kappa shape index (κ1) is 16.5. The SMILES string of the molecule is COc1cc(Cl)c(C)cc1NC(=O)Cn1nc2c(cc1=O)CCC2. The van der Waals surface area contributed by atoms with Gasteiger partial charge in [-0.1, -0.05) is 11.6 Å². The number of fused-ring (bicyclic) bond motifs is 1. The highest BCUT2D eigenvalue weighted by atomic mass is 35.5. The number of rotatable bonds is 4. The number of anilines is 1. The van der Waals surface area contributed by atoms with Gasteiger partial charge in [-0.3, -0.25) is 9.59 Å². The summed E-state index contributed by atoms with van der Waals surface area (Å²) in [5.41, 5.74) is 2.97. The van der Waals surface area contributed by atoms with Crippen LogP contribution in [-0.4, -0.2) is 22.8 Å². The Labute approximate surface area is 144 Å². The van der Waals surface area contributed by atoms with Crippen molar-refractivity contribution in [2.24, 2.45) is 0 Å². The normalized spacial score (nSPS) is 12.8. The van der Waals surface area contributed by atoms with Crippen molar-refractivity contribution in [3.8, 4) is 5.75 Å². The van der Waals surface area contributed by atoms with E-state index in [1.165, 1.54) is 11.8 Å². The lowest BCUT2D eigenvalue weighted by Gasteiger charge is -2.13. The summed E-state index contributed by atoms with van der Waals surface area (Å²) < 4.78 is 6.44. The molecule has 24 heavy (non-hydrogen) atoms. The number of aromatic nitrogens is 2. The molecule has 2 aromatic rings. The van der Waals surface area contributed by atoms with Crippen molar-refractivity contribution in [1.29, 1.82) is 0 Å². The molecule has 6 nitrogen and oxygen atoms in total. The van der Waals surface area contributed by atoms with Gasteiger partial charge in [-0.25, -0.2) is 4.68 Å². The smallest absolute Gasteiger partial charge is 0.267 e. The summed E-state index contributed by atoms with van der Waals surface area (Å²) in [5.74, 6) is 0.121. The zero-order chi connectivity index (χ0) is 17.3. The zero-order valence-corrected chi connectivity index (χ0v) is 14.3. The summed E-state index contributed by atoms with van der Waals surface area (Å²) in [4.78, 5) is 24.4. The van der Waals surface area contributed by atoms with Crippen LogP contribution in [0.1, 0.15) is 23.2 Å². The summed E-state index contributed by atoms with van der Waals surface area (Å²) in [6, 6.07) is 4.96. The predicted octanol–water partition coefficient (Wildman–Crippen LogP) is 2.34. The first-order valence-corrected chi connectivity index (χ1v) is 8.09. The van der Waals surface area contributed by atoms with Gasteiger partial charge in [0.05, 0.1) is 18.5 Å². The number of halogens is 1. The Morgan fingerprint density at radius 1 is 1.38 bits per heavy atom. The highest BCUT2D eigenvalue weighted by Gasteiger charge is 2.17. The van der Waals surface area contributed by atoms with Crippen LogP contribution in [0.15, 0.2) is 23.0 Å². The Balaban J connectivity index is 1.80. The average molecular weight is 348 g/mol. The molecule has 0 saturated heterocycles. The van der Waals surface area contributed by atoms with Crippen LogP contribution < -0.4 is 15.6 Å². The second-order valence-electron chi connectivity index (χ2n) is 5.82. The van der Waals surface area contributed by atoms with Crippen molar-refractivity contribution < 1.29 is 9.53 Å². The number of nitrogens with one attached hydrogen (secondary N) is 1. The molecular weight excluding hydrogens is 330 g/mol. The quantitative estimate of drug-likeness (QED) is 0.921. The first-order chi connectivity index (χ1) is 11.5. The lowest BCUT2D eigenvalue weighted by Crippen LogP contribution is -2.30. The van der Waals surface area contributed by atoms with Crippen molar-refractivity contribution in [2.45, 2.75) is 32.7 Å². The van der Waals surface area contributed by atoms with Gasteiger partial charge in [0.1, 0.15) is 12.3 Å². The molecule has 0 bridgehead atoms. The largest absolute Gasteiger partial charge is 0.495 e. The summed E-state index contributed by atoms with van der Waals surface area (Å²) in [5, 5.41) is 7.61. The second-order valence-corrected chi connectivity index (χ2v) is 6.22. The van der Waals surface area contributed by atoms with Crippen molar-refractivity contribution in [3.63, 3.8) is 0 Å². The Bertz CT molecular complexity index is 861. The van der Waals surface area contributed by atoms with Crippen molar-refractivity contribution in [1.82, 2.24) is 9.78 Å². The Morgan fingerprint density at radius 3 is 2.92 bits per heavy atom. The molecule has 1 heterocycles. The molecule has 0 spiro atoms. The number of benzene rings is 1. The lowest BCUT2D eigenvalue weighted by molar-refractivity contribution is -0.117. The molecular formula is C17H18ClN3O3. The van der Waals surface area contributed by atoms with Crippen molar-refractivity contribution in [3.05, 3.63) is 50.4 Å². The zero-order valence-electron chi connectivity index (χ0n) is 13.6. The molecule has 0 radical (unpaired) electrons. The second kappa shape index (κ2) is 6.65. The van der Waals surface area contributed by atoms with Crippen LogP contribution in [0.2, 0.25) is 5.02 Å². The summed E-state index contributed by atoms with van der Waals surface area (Å²) in [6.45, 7) is 1.70. The maximum Gasteiger partial charge on any atom is 0.267 e. The van der Waals surface area contributed by atoms with Gasteiger partial charge < -0.3 is 10.1 Å². The number of ether oxygens (including phenoxy) is 1. The van der Waals surface area contributed by atoms with E-state index in [2.05, 4.69) is 10.4 Å². The van der Waals surface area contributed by atoms with Crippen LogP contribution in [0.25, 0.3) is 0 Å². The molecule has 1 aliphatic carbocycles. The van der Waals surface area contributed by atoms with Gasteiger partial charge in [-0.05, 0) is 43.4 Å². The van der Waals surface area contributed by atoms with Crippen LogP contribution in [0.5, 0.6) is 5.75 Å². The van der Waals surface area contributed by atoms with Gasteiger partial charge in [-0.2, -0.15) is 5.10 Å². The third kappa shape index (κ3) is 3.28. The number of carbonyl (C=O) groups excluding carboxylic acids is 1. The Kier molecular flexibility index (Phi) is 4.57. The van der Waals surface area contributed by atoms with E-state index in [1.54, 1.807) is 18.2 Å². The van der Waals surface area contributed by atoms with E-state index in [4.69, 9.17) is 16.3 Å². The molecule has 0 atom stereocenters. The van der Waals surface area contributed by atoms with Gasteiger partial charge in [-0.15, -0.1) is 0 Å². The van der Waals surface area contributed by atoms with E-state index in [1.807, 2.05) is 6.92 Å². The van der Waals surface area contributed by atoms with Gasteiger partial charge in [0.25, 0.3) is 5.56 Å². The van der Waals surface area contributed by atoms with Crippen LogP contribution in [0.3, 0.4) is 0 Å². The van der Waals surface area contributed by atoms with Crippen LogP contribution in [0, 0.1) is 6.92 Å². The molecule has 1 aromatic carbocycles. The molecule has 1 aliphatic rings. The first-order valence-electron chi connectivity index (χ1n) is 7.72. The number of methoxy groups -OCH3 is 1. The molecule has 0 aliphatic heterocycles. The minimum Gasteiger partial charge on any atom is -0.495 e. The highest BCUT2D eigenvalue weighted by molar-refractivity contribution is 6.31. The van der Waals surface area contributed by atoms with E-state index < -0.39 is 0 Å². The molecule has 0 fully saturated rings. The number of hydrogen-bond acceptors (Lipinski definition) is 4. The summed E-state index contributed by atoms with van der Waals surface area (Å²) in [6.07, 6.45) is 2.73. The number of nitrogens with zero attached hydrogens (tertiary/aromatic N) is 2. The van der Waals surface area contributed by atoms with Crippen LogP contribution in [0.4, 0.5) is 5.69 Å². The van der Waals surface area contributed by atoms with Gasteiger partial charge in [0.2, 0.25) is 5.91 Å². The fourth-order valence-electron chi connectivity index (χ4n) is 2.81. The molecule has 7 heteroatoms. The average Bonchev–Trinajstić information content (AvgIpc) is 2.98. The maximum absolute atomic E-state index is 12.3. The molecule has 1 N–H and O–H groups in total. The molecule has 1 aromatic heterocycles. The maximum atomic E-state index is 12.3. The fraction of sp³-hybridized carbons (Fsp3) is 0.353. The topological polar surface area (TPSA) is 73.2 Å². The molecule has 3 rings (SSSR count). The summed E-state index contributed by atoms with van der Waals surface area (Å²) in [7, 11) is 1.50. The third-order valence-corrected chi connectivity index (χ3v) is 4.48. The van der Waals surface area contributed by atoms with Gasteiger partial charge in [0.15, 0.2) is 0 Å². The Morgan fingerprint density at radius 2 is 2.17 bits per heavy atom. The number of aryl methyl sites for hydroxylation is 3. The van der Waals surface area contributed by atoms with Crippen molar-refractivity contribution >= 4 is 23.2 Å². The van der Waals surface area contributed by atoms with E-state index in [9.17, 15) is 9.59 Å². The van der Waals surface area contributed by atoms with Gasteiger partial charge in [0, 0.05) is 17.2 Å². The molecule has 126 valence electrons. The van der Waals surface area contributed by atoms with Crippen LogP contribution >= 0.6 is 11.6 Å².